The van der Waals surface area contributed by atoms with Gasteiger partial charge < -0.3 is 9.88 Å². The normalized spacial score (nSPS) is 15.0. The highest BCUT2D eigenvalue weighted by molar-refractivity contribution is 6.07. The number of carbonyl (C=O) groups is 1. The second-order valence-electron chi connectivity index (χ2n) is 7.51. The first-order valence-corrected chi connectivity index (χ1v) is 9.79. The lowest BCUT2D eigenvalue weighted by molar-refractivity contribution is 0.0932. The van der Waals surface area contributed by atoms with E-state index in [1.807, 2.05) is 24.4 Å². The van der Waals surface area contributed by atoms with Crippen molar-refractivity contribution in [2.75, 3.05) is 0 Å². The second-order valence-corrected chi connectivity index (χ2v) is 7.51. The molecular formula is C23H25FN2O. The number of amides is 1. The third-order valence-electron chi connectivity index (χ3n) is 5.52. The van der Waals surface area contributed by atoms with Crippen molar-refractivity contribution in [2.24, 2.45) is 0 Å². The summed E-state index contributed by atoms with van der Waals surface area (Å²) in [5.74, 6) is -0.437. The molecule has 1 N–H and O–H groups in total. The van der Waals surface area contributed by atoms with Crippen LogP contribution in [0.5, 0.6) is 0 Å². The minimum Gasteiger partial charge on any atom is -0.347 e. The van der Waals surface area contributed by atoms with Crippen LogP contribution in [0.15, 0.2) is 54.7 Å². The molecule has 0 radical (unpaired) electrons. The molecule has 0 bridgehead atoms. The molecule has 0 saturated heterocycles. The molecule has 1 aliphatic rings. The third-order valence-corrected chi connectivity index (χ3v) is 5.52. The first-order chi connectivity index (χ1) is 13.1. The molecule has 0 aliphatic heterocycles. The zero-order chi connectivity index (χ0) is 18.9. The van der Waals surface area contributed by atoms with Crippen LogP contribution in [0.4, 0.5) is 4.39 Å². The van der Waals surface area contributed by atoms with Crippen molar-refractivity contribution in [3.8, 4) is 0 Å². The SMILES string of the molecule is CCCCCn1cc(C(=O)NC2(c3ccccc3)CC2)c2cc(F)ccc21. The minimum absolute atomic E-state index is 0.124. The maximum Gasteiger partial charge on any atom is 0.254 e. The summed E-state index contributed by atoms with van der Waals surface area (Å²) in [6.45, 7) is 3.01. The minimum atomic E-state index is -0.313. The smallest absolute Gasteiger partial charge is 0.254 e. The number of halogens is 1. The van der Waals surface area contributed by atoms with Crippen molar-refractivity contribution >= 4 is 16.8 Å². The van der Waals surface area contributed by atoms with Crippen molar-refractivity contribution in [3.63, 3.8) is 0 Å². The fourth-order valence-corrected chi connectivity index (χ4v) is 3.82. The van der Waals surface area contributed by atoms with Crippen molar-refractivity contribution < 1.29 is 9.18 Å². The maximum absolute atomic E-state index is 13.9. The number of aryl methyl sites for hydroxylation is 1. The largest absolute Gasteiger partial charge is 0.347 e. The van der Waals surface area contributed by atoms with Crippen LogP contribution in [0.2, 0.25) is 0 Å². The molecule has 2 aromatic carbocycles. The van der Waals surface area contributed by atoms with Crippen molar-refractivity contribution in [3.05, 3.63) is 71.7 Å². The Balaban J connectivity index is 1.64. The maximum atomic E-state index is 13.9. The van der Waals surface area contributed by atoms with Gasteiger partial charge in [-0.3, -0.25) is 4.79 Å². The summed E-state index contributed by atoms with van der Waals surface area (Å²) in [5.41, 5.74) is 2.34. The van der Waals surface area contributed by atoms with E-state index in [1.165, 1.54) is 12.1 Å². The van der Waals surface area contributed by atoms with Crippen molar-refractivity contribution in [1.82, 2.24) is 9.88 Å². The Labute approximate surface area is 159 Å². The van der Waals surface area contributed by atoms with Crippen LogP contribution in [0.1, 0.15) is 54.9 Å². The Morgan fingerprint density at radius 2 is 1.93 bits per heavy atom. The van der Waals surface area contributed by atoms with Gasteiger partial charge in [0.2, 0.25) is 0 Å². The number of hydrogen-bond acceptors (Lipinski definition) is 1. The van der Waals surface area contributed by atoms with Gasteiger partial charge in [-0.2, -0.15) is 0 Å². The van der Waals surface area contributed by atoms with Gasteiger partial charge in [0, 0.05) is 23.6 Å². The zero-order valence-corrected chi connectivity index (χ0v) is 15.7. The van der Waals surface area contributed by atoms with E-state index < -0.39 is 0 Å². The van der Waals surface area contributed by atoms with Crippen LogP contribution in [-0.2, 0) is 12.1 Å². The predicted octanol–water partition coefficient (Wildman–Crippen LogP) is 5.39. The average Bonchev–Trinajstić information content (AvgIpc) is 3.37. The third kappa shape index (κ3) is 3.48. The summed E-state index contributed by atoms with van der Waals surface area (Å²) >= 11 is 0. The summed E-state index contributed by atoms with van der Waals surface area (Å²) in [7, 11) is 0. The lowest BCUT2D eigenvalue weighted by Gasteiger charge is -2.17. The molecule has 1 fully saturated rings. The molecule has 0 spiro atoms. The average molecular weight is 364 g/mol. The van der Waals surface area contributed by atoms with Gasteiger partial charge in [-0.15, -0.1) is 0 Å². The highest BCUT2D eigenvalue weighted by Crippen LogP contribution is 2.45. The Morgan fingerprint density at radius 3 is 2.63 bits per heavy atom. The van der Waals surface area contributed by atoms with Gasteiger partial charge in [-0.25, -0.2) is 4.39 Å². The number of unbranched alkanes of at least 4 members (excludes halogenated alkanes) is 2. The number of benzene rings is 2. The van der Waals surface area contributed by atoms with Crippen LogP contribution in [0, 0.1) is 5.82 Å². The standard InChI is InChI=1S/C23H25FN2O/c1-2-3-7-14-26-16-20(19-15-18(24)10-11-21(19)26)22(27)25-23(12-13-23)17-8-5-4-6-9-17/h4-6,8-11,15-16H,2-3,7,12-14H2,1H3,(H,25,27). The number of nitrogens with one attached hydrogen (secondary N) is 1. The van der Waals surface area contributed by atoms with E-state index in [9.17, 15) is 9.18 Å². The van der Waals surface area contributed by atoms with Crippen molar-refractivity contribution in [1.29, 1.82) is 0 Å². The molecule has 27 heavy (non-hydrogen) atoms. The molecular weight excluding hydrogens is 339 g/mol. The fraction of sp³-hybridized carbons (Fsp3) is 0.348. The van der Waals surface area contributed by atoms with E-state index in [0.717, 1.165) is 49.7 Å². The molecule has 3 aromatic rings. The topological polar surface area (TPSA) is 34.0 Å². The van der Waals surface area contributed by atoms with Crippen molar-refractivity contribution in [2.45, 2.75) is 51.1 Å². The molecule has 1 aromatic heterocycles. The summed E-state index contributed by atoms with van der Waals surface area (Å²) < 4.78 is 16.0. The Kier molecular flexibility index (Phi) is 4.73. The monoisotopic (exact) mass is 364 g/mol. The van der Waals surface area contributed by atoms with Gasteiger partial charge in [-0.05, 0) is 43.0 Å². The van der Waals surface area contributed by atoms with E-state index >= 15 is 0 Å². The van der Waals surface area contributed by atoms with E-state index in [0.29, 0.717) is 10.9 Å². The first kappa shape index (κ1) is 17.8. The number of aromatic nitrogens is 1. The van der Waals surface area contributed by atoms with Gasteiger partial charge >= 0.3 is 0 Å². The Morgan fingerprint density at radius 1 is 1.15 bits per heavy atom. The number of carbonyl (C=O) groups excluding carboxylic acids is 1. The molecule has 1 aliphatic carbocycles. The fourth-order valence-electron chi connectivity index (χ4n) is 3.82. The van der Waals surface area contributed by atoms with Gasteiger partial charge in [0.1, 0.15) is 5.82 Å². The summed E-state index contributed by atoms with van der Waals surface area (Å²) in [6, 6.07) is 14.8. The summed E-state index contributed by atoms with van der Waals surface area (Å²) in [6.07, 6.45) is 7.08. The highest BCUT2D eigenvalue weighted by Gasteiger charge is 2.45. The van der Waals surface area contributed by atoms with Crippen LogP contribution in [0.3, 0.4) is 0 Å². The molecule has 1 amide bonds. The molecule has 140 valence electrons. The van der Waals surface area contributed by atoms with Gasteiger partial charge in [0.05, 0.1) is 11.1 Å². The van der Waals surface area contributed by atoms with E-state index in [2.05, 4.69) is 28.9 Å². The Hall–Kier alpha value is -2.62. The van der Waals surface area contributed by atoms with Crippen LogP contribution in [0.25, 0.3) is 10.9 Å². The number of rotatable bonds is 7. The molecule has 1 heterocycles. The predicted molar refractivity (Wildman–Crippen MR) is 106 cm³/mol. The molecule has 4 heteroatoms. The number of fused-ring (bicyclic) bond motifs is 1. The van der Waals surface area contributed by atoms with Gasteiger partial charge in [-0.1, -0.05) is 50.1 Å². The molecule has 1 saturated carbocycles. The molecule has 4 rings (SSSR count). The van der Waals surface area contributed by atoms with Gasteiger partial charge in [0.25, 0.3) is 5.91 Å². The van der Waals surface area contributed by atoms with Crippen LogP contribution < -0.4 is 5.32 Å². The quantitative estimate of drug-likeness (QED) is 0.560. The van der Waals surface area contributed by atoms with Crippen LogP contribution in [-0.4, -0.2) is 10.5 Å². The molecule has 0 unspecified atom stereocenters. The lowest BCUT2D eigenvalue weighted by Crippen LogP contribution is -2.34. The summed E-state index contributed by atoms with van der Waals surface area (Å²) in [4.78, 5) is 13.1. The highest BCUT2D eigenvalue weighted by atomic mass is 19.1. The van der Waals surface area contributed by atoms with E-state index in [1.54, 1.807) is 6.07 Å². The number of hydrogen-bond donors (Lipinski definition) is 1. The summed E-state index contributed by atoms with van der Waals surface area (Å²) in [5, 5.41) is 3.91. The molecule has 3 nitrogen and oxygen atoms in total. The molecule has 0 atom stereocenters. The second kappa shape index (κ2) is 7.18. The Bertz CT molecular complexity index is 957. The number of nitrogens with zero attached hydrogens (tertiary/aromatic N) is 1. The lowest BCUT2D eigenvalue weighted by atomic mass is 10.0. The van der Waals surface area contributed by atoms with Crippen LogP contribution >= 0.6 is 0 Å². The van der Waals surface area contributed by atoms with E-state index in [4.69, 9.17) is 0 Å². The van der Waals surface area contributed by atoms with Gasteiger partial charge in [0.15, 0.2) is 0 Å². The van der Waals surface area contributed by atoms with E-state index in [-0.39, 0.29) is 17.3 Å². The zero-order valence-electron chi connectivity index (χ0n) is 15.7. The first-order valence-electron chi connectivity index (χ1n) is 9.79.